The molecule has 180 valence electrons. The number of carbonyl (C=O) groups is 1. The van der Waals surface area contributed by atoms with Crippen LogP contribution in [0.1, 0.15) is 82.5 Å². The van der Waals surface area contributed by atoms with Crippen molar-refractivity contribution in [1.29, 1.82) is 0 Å². The third-order valence-corrected chi connectivity index (χ3v) is 7.71. The molecule has 2 aliphatic carbocycles. The van der Waals surface area contributed by atoms with Crippen LogP contribution in [0.4, 0.5) is 0 Å². The Bertz CT molecular complexity index is 731. The number of carbonyl (C=O) groups excluding carboxylic acids is 1. The highest BCUT2D eigenvalue weighted by Crippen LogP contribution is 2.43. The van der Waals surface area contributed by atoms with E-state index in [1.807, 2.05) is 18.5 Å². The van der Waals surface area contributed by atoms with Gasteiger partial charge >= 0.3 is 0 Å². The molecule has 1 saturated heterocycles. The second-order valence-electron chi connectivity index (χ2n) is 10.6. The highest BCUT2D eigenvalue weighted by Gasteiger charge is 2.35. The third kappa shape index (κ3) is 6.04. The number of rotatable bonds is 9. The molecule has 0 spiro atoms. The van der Waals surface area contributed by atoms with Crippen LogP contribution in [-0.4, -0.2) is 53.5 Å². The molecule has 1 aromatic rings. The summed E-state index contributed by atoms with van der Waals surface area (Å²) in [5, 5.41) is 14.8. The number of nitrogens with one attached hydrogen (secondary N) is 3. The minimum absolute atomic E-state index is 0.00970. The molecule has 2 saturated carbocycles. The van der Waals surface area contributed by atoms with Gasteiger partial charge in [0.25, 0.3) is 5.91 Å². The molecule has 1 aliphatic heterocycles. The van der Waals surface area contributed by atoms with Crippen molar-refractivity contribution in [3.8, 4) is 5.88 Å². The maximum Gasteiger partial charge on any atom is 0.258 e. The van der Waals surface area contributed by atoms with Gasteiger partial charge in [-0.3, -0.25) is 4.79 Å². The molecule has 0 aromatic carbocycles. The molecule has 2 heterocycles. The summed E-state index contributed by atoms with van der Waals surface area (Å²) in [6.45, 7) is 9.84. The van der Waals surface area contributed by atoms with Crippen LogP contribution < -0.4 is 20.7 Å². The topological polar surface area (TPSA) is 80.2 Å². The van der Waals surface area contributed by atoms with E-state index < -0.39 is 0 Å². The summed E-state index contributed by atoms with van der Waals surface area (Å²) in [4.78, 5) is 13.2. The Kier molecular flexibility index (Phi) is 8.11. The smallest absolute Gasteiger partial charge is 0.258 e. The summed E-state index contributed by atoms with van der Waals surface area (Å²) in [5.74, 6) is 2.85. The molecule has 2 bridgehead atoms. The van der Waals surface area contributed by atoms with Gasteiger partial charge < -0.3 is 20.7 Å². The highest BCUT2D eigenvalue weighted by atomic mass is 16.5. The lowest BCUT2D eigenvalue weighted by Crippen LogP contribution is -2.42. The van der Waals surface area contributed by atoms with E-state index in [2.05, 4.69) is 28.0 Å². The van der Waals surface area contributed by atoms with E-state index in [0.29, 0.717) is 29.9 Å². The first kappa shape index (κ1) is 23.6. The molecule has 3 N–H and O–H groups in total. The van der Waals surface area contributed by atoms with Crippen molar-refractivity contribution in [1.82, 2.24) is 25.7 Å². The van der Waals surface area contributed by atoms with Crippen LogP contribution in [0.5, 0.6) is 5.88 Å². The SMILES string of the molecule is CC(C)Oc1c(C(=O)NC(C)C2CC3CCCC(C3)C2)cnn1CCNC1CCNCC1. The van der Waals surface area contributed by atoms with Gasteiger partial charge in [-0.2, -0.15) is 5.10 Å². The largest absolute Gasteiger partial charge is 0.475 e. The van der Waals surface area contributed by atoms with E-state index in [1.54, 1.807) is 6.20 Å². The van der Waals surface area contributed by atoms with Crippen LogP contribution in [-0.2, 0) is 6.54 Å². The second kappa shape index (κ2) is 11.0. The van der Waals surface area contributed by atoms with Gasteiger partial charge in [-0.05, 0) is 83.7 Å². The van der Waals surface area contributed by atoms with Crippen LogP contribution in [0.2, 0.25) is 0 Å². The molecular formula is C25H43N5O2. The van der Waals surface area contributed by atoms with Crippen LogP contribution in [0.25, 0.3) is 0 Å². The number of ether oxygens (including phenoxy) is 1. The van der Waals surface area contributed by atoms with E-state index in [0.717, 1.165) is 44.3 Å². The summed E-state index contributed by atoms with van der Waals surface area (Å²) in [7, 11) is 0. The minimum Gasteiger partial charge on any atom is -0.475 e. The van der Waals surface area contributed by atoms with Gasteiger partial charge in [-0.15, -0.1) is 0 Å². The summed E-state index contributed by atoms with van der Waals surface area (Å²) in [5.41, 5.74) is 0.559. The predicted octanol–water partition coefficient (Wildman–Crippen LogP) is 3.35. The molecule has 3 atom stereocenters. The molecular weight excluding hydrogens is 402 g/mol. The maximum atomic E-state index is 13.2. The Morgan fingerprint density at radius 2 is 1.88 bits per heavy atom. The summed E-state index contributed by atoms with van der Waals surface area (Å²) in [6.07, 6.45) is 12.0. The molecule has 3 unspecified atom stereocenters. The maximum absolute atomic E-state index is 13.2. The zero-order valence-electron chi connectivity index (χ0n) is 20.2. The van der Waals surface area contributed by atoms with Crippen molar-refractivity contribution in [2.75, 3.05) is 19.6 Å². The Balaban J connectivity index is 1.36. The Morgan fingerprint density at radius 1 is 1.16 bits per heavy atom. The van der Waals surface area contributed by atoms with E-state index in [1.165, 1.54) is 38.5 Å². The molecule has 1 amide bonds. The lowest BCUT2D eigenvalue weighted by Gasteiger charge is -2.41. The van der Waals surface area contributed by atoms with Crippen LogP contribution in [0, 0.1) is 17.8 Å². The van der Waals surface area contributed by atoms with E-state index in [-0.39, 0.29) is 18.1 Å². The molecule has 0 radical (unpaired) electrons. The molecule has 32 heavy (non-hydrogen) atoms. The molecule has 7 heteroatoms. The van der Waals surface area contributed by atoms with Crippen LogP contribution >= 0.6 is 0 Å². The Hall–Kier alpha value is -1.60. The number of hydrogen-bond donors (Lipinski definition) is 3. The fourth-order valence-corrected chi connectivity index (χ4v) is 6.03. The molecule has 7 nitrogen and oxygen atoms in total. The van der Waals surface area contributed by atoms with Gasteiger partial charge in [-0.25, -0.2) is 4.68 Å². The Labute approximate surface area is 193 Å². The van der Waals surface area contributed by atoms with Crippen molar-refractivity contribution in [3.05, 3.63) is 11.8 Å². The summed E-state index contributed by atoms with van der Waals surface area (Å²) >= 11 is 0. The average molecular weight is 446 g/mol. The van der Waals surface area contributed by atoms with Gasteiger partial charge in [-0.1, -0.05) is 19.3 Å². The van der Waals surface area contributed by atoms with Crippen LogP contribution in [0.3, 0.4) is 0 Å². The van der Waals surface area contributed by atoms with Crippen molar-refractivity contribution < 1.29 is 9.53 Å². The third-order valence-electron chi connectivity index (χ3n) is 7.71. The number of amides is 1. The number of piperidine rings is 1. The Morgan fingerprint density at radius 3 is 2.56 bits per heavy atom. The zero-order valence-corrected chi connectivity index (χ0v) is 20.2. The molecule has 3 fully saturated rings. The first-order valence-electron chi connectivity index (χ1n) is 13.0. The first-order chi connectivity index (χ1) is 15.5. The molecule has 3 aliphatic rings. The van der Waals surface area contributed by atoms with Crippen molar-refractivity contribution in [2.24, 2.45) is 17.8 Å². The van der Waals surface area contributed by atoms with Gasteiger partial charge in [0.1, 0.15) is 5.56 Å². The fraction of sp³-hybridized carbons (Fsp3) is 0.840. The van der Waals surface area contributed by atoms with Gasteiger partial charge in [0.15, 0.2) is 0 Å². The van der Waals surface area contributed by atoms with E-state index >= 15 is 0 Å². The standard InChI is InChI=1S/C25H43N5O2/c1-17(2)32-25-23(16-28-30(25)12-11-27-22-7-9-26-10-8-22)24(31)29-18(3)21-14-19-5-4-6-20(13-19)15-21/h16-22,26-27H,4-15H2,1-3H3,(H,29,31). The van der Waals surface area contributed by atoms with Crippen molar-refractivity contribution >= 4 is 5.91 Å². The van der Waals surface area contributed by atoms with Gasteiger partial charge in [0.2, 0.25) is 5.88 Å². The van der Waals surface area contributed by atoms with Gasteiger partial charge in [0.05, 0.1) is 18.8 Å². The lowest BCUT2D eigenvalue weighted by atomic mass is 9.66. The average Bonchev–Trinajstić information content (AvgIpc) is 3.16. The monoisotopic (exact) mass is 445 g/mol. The molecule has 1 aromatic heterocycles. The minimum atomic E-state index is -0.0542. The van der Waals surface area contributed by atoms with Crippen molar-refractivity contribution in [2.45, 2.75) is 96.9 Å². The summed E-state index contributed by atoms with van der Waals surface area (Å²) in [6, 6.07) is 0.739. The predicted molar refractivity (Wildman–Crippen MR) is 127 cm³/mol. The normalized spacial score (nSPS) is 27.3. The number of aromatic nitrogens is 2. The van der Waals surface area contributed by atoms with E-state index in [4.69, 9.17) is 4.74 Å². The molecule has 4 rings (SSSR count). The van der Waals surface area contributed by atoms with Crippen molar-refractivity contribution in [3.63, 3.8) is 0 Å². The number of hydrogen-bond acceptors (Lipinski definition) is 5. The fourth-order valence-electron chi connectivity index (χ4n) is 6.03. The summed E-state index contributed by atoms with van der Waals surface area (Å²) < 4.78 is 7.92. The van der Waals surface area contributed by atoms with Gasteiger partial charge in [0, 0.05) is 18.6 Å². The number of fused-ring (bicyclic) bond motifs is 2. The zero-order chi connectivity index (χ0) is 22.5. The first-order valence-corrected chi connectivity index (χ1v) is 13.0. The lowest BCUT2D eigenvalue weighted by molar-refractivity contribution is 0.0848. The van der Waals surface area contributed by atoms with E-state index in [9.17, 15) is 4.79 Å². The highest BCUT2D eigenvalue weighted by molar-refractivity contribution is 5.96. The quantitative estimate of drug-likeness (QED) is 0.543. The second-order valence-corrected chi connectivity index (χ2v) is 10.6. The number of nitrogens with zero attached hydrogens (tertiary/aromatic N) is 2. The van der Waals surface area contributed by atoms with Crippen LogP contribution in [0.15, 0.2) is 6.20 Å².